The maximum absolute atomic E-state index is 6.22. The molecule has 0 spiro atoms. The number of ether oxygens (including phenoxy) is 1. The second kappa shape index (κ2) is 5.86. The molecule has 2 N–H and O–H groups in total. The molecule has 15 heavy (non-hydrogen) atoms. The lowest BCUT2D eigenvalue weighted by Crippen LogP contribution is -2.44. The predicted molar refractivity (Wildman–Crippen MR) is 64.9 cm³/mol. The molecule has 0 amide bonds. The highest BCUT2D eigenvalue weighted by Crippen LogP contribution is 2.26. The lowest BCUT2D eigenvalue weighted by atomic mass is 9.88. The Kier molecular flexibility index (Phi) is 5.07. The van der Waals surface area contributed by atoms with E-state index in [0.717, 1.165) is 25.4 Å². The van der Waals surface area contributed by atoms with Gasteiger partial charge >= 0.3 is 0 Å². The Bertz CT molecular complexity index is 169. The highest BCUT2D eigenvalue weighted by atomic mass is 16.5. The van der Waals surface area contributed by atoms with Crippen molar-refractivity contribution in [1.82, 2.24) is 0 Å². The van der Waals surface area contributed by atoms with E-state index >= 15 is 0 Å². The first kappa shape index (κ1) is 13.0. The SMILES string of the molecule is CCC(N)(CC)COC1CCC(C)CC1. The summed E-state index contributed by atoms with van der Waals surface area (Å²) in [6.45, 7) is 7.37. The molecule has 0 aromatic rings. The number of nitrogens with two attached hydrogens (primary N) is 1. The van der Waals surface area contributed by atoms with Crippen LogP contribution in [0.5, 0.6) is 0 Å². The van der Waals surface area contributed by atoms with E-state index in [9.17, 15) is 0 Å². The van der Waals surface area contributed by atoms with Gasteiger partial charge in [0.2, 0.25) is 0 Å². The monoisotopic (exact) mass is 213 g/mol. The molecule has 1 fully saturated rings. The first-order valence-electron chi connectivity index (χ1n) is 6.50. The van der Waals surface area contributed by atoms with Crippen LogP contribution in [0, 0.1) is 5.92 Å². The van der Waals surface area contributed by atoms with Crippen molar-refractivity contribution in [2.24, 2.45) is 11.7 Å². The zero-order valence-electron chi connectivity index (χ0n) is 10.6. The lowest BCUT2D eigenvalue weighted by molar-refractivity contribution is -0.00849. The van der Waals surface area contributed by atoms with Crippen molar-refractivity contribution < 1.29 is 4.74 Å². The normalized spacial score (nSPS) is 28.0. The van der Waals surface area contributed by atoms with Gasteiger partial charge in [-0.15, -0.1) is 0 Å². The summed E-state index contributed by atoms with van der Waals surface area (Å²) in [6, 6.07) is 0. The molecule has 2 nitrogen and oxygen atoms in total. The van der Waals surface area contributed by atoms with Crippen molar-refractivity contribution in [3.05, 3.63) is 0 Å². The van der Waals surface area contributed by atoms with Crippen LogP contribution in [0.3, 0.4) is 0 Å². The van der Waals surface area contributed by atoms with E-state index in [1.165, 1.54) is 25.7 Å². The zero-order valence-corrected chi connectivity index (χ0v) is 10.6. The van der Waals surface area contributed by atoms with Crippen LogP contribution in [-0.4, -0.2) is 18.2 Å². The van der Waals surface area contributed by atoms with E-state index in [4.69, 9.17) is 10.5 Å². The summed E-state index contributed by atoms with van der Waals surface area (Å²) in [5, 5.41) is 0. The molecule has 0 atom stereocenters. The summed E-state index contributed by atoms with van der Waals surface area (Å²) in [6.07, 6.45) is 7.58. The summed E-state index contributed by atoms with van der Waals surface area (Å²) in [4.78, 5) is 0. The molecule has 90 valence electrons. The van der Waals surface area contributed by atoms with Gasteiger partial charge in [-0.25, -0.2) is 0 Å². The topological polar surface area (TPSA) is 35.2 Å². The number of rotatable bonds is 5. The molecule has 1 saturated carbocycles. The standard InChI is InChI=1S/C13H27NO/c1-4-13(14,5-2)10-15-12-8-6-11(3)7-9-12/h11-12H,4-10,14H2,1-3H3. The Morgan fingerprint density at radius 3 is 2.13 bits per heavy atom. The maximum Gasteiger partial charge on any atom is 0.0649 e. The van der Waals surface area contributed by atoms with E-state index in [-0.39, 0.29) is 5.54 Å². The first-order chi connectivity index (χ1) is 7.09. The average Bonchev–Trinajstić information content (AvgIpc) is 2.28. The molecule has 0 aromatic carbocycles. The third-order valence-corrected chi connectivity index (χ3v) is 3.98. The number of hydrogen-bond acceptors (Lipinski definition) is 2. The Morgan fingerprint density at radius 2 is 1.67 bits per heavy atom. The van der Waals surface area contributed by atoms with Crippen LogP contribution in [0.15, 0.2) is 0 Å². The maximum atomic E-state index is 6.22. The van der Waals surface area contributed by atoms with E-state index < -0.39 is 0 Å². The van der Waals surface area contributed by atoms with E-state index in [1.54, 1.807) is 0 Å². The molecule has 0 unspecified atom stereocenters. The Balaban J connectivity index is 2.24. The zero-order chi connectivity index (χ0) is 11.3. The molecular weight excluding hydrogens is 186 g/mol. The molecule has 0 saturated heterocycles. The van der Waals surface area contributed by atoms with Gasteiger partial charge in [0.1, 0.15) is 0 Å². The largest absolute Gasteiger partial charge is 0.376 e. The third kappa shape index (κ3) is 4.12. The second-order valence-corrected chi connectivity index (χ2v) is 5.26. The molecule has 0 bridgehead atoms. The molecule has 2 heteroatoms. The first-order valence-corrected chi connectivity index (χ1v) is 6.50. The van der Waals surface area contributed by atoms with Gasteiger partial charge in [-0.2, -0.15) is 0 Å². The van der Waals surface area contributed by atoms with Crippen LogP contribution in [0.2, 0.25) is 0 Å². The molecule has 0 heterocycles. The third-order valence-electron chi connectivity index (χ3n) is 3.98. The molecule has 0 radical (unpaired) electrons. The smallest absolute Gasteiger partial charge is 0.0649 e. The number of hydrogen-bond donors (Lipinski definition) is 1. The van der Waals surface area contributed by atoms with Gasteiger partial charge in [0, 0.05) is 5.54 Å². The van der Waals surface area contributed by atoms with Crippen molar-refractivity contribution in [2.75, 3.05) is 6.61 Å². The molecule has 1 rings (SSSR count). The van der Waals surface area contributed by atoms with E-state index in [1.807, 2.05) is 0 Å². The van der Waals surface area contributed by atoms with Gasteiger partial charge in [-0.3, -0.25) is 0 Å². The second-order valence-electron chi connectivity index (χ2n) is 5.26. The lowest BCUT2D eigenvalue weighted by Gasteiger charge is -2.32. The summed E-state index contributed by atoms with van der Waals surface area (Å²) < 4.78 is 5.95. The van der Waals surface area contributed by atoms with Crippen LogP contribution in [-0.2, 0) is 4.74 Å². The van der Waals surface area contributed by atoms with E-state index in [2.05, 4.69) is 20.8 Å². The summed E-state index contributed by atoms with van der Waals surface area (Å²) in [5.41, 5.74) is 6.12. The minimum Gasteiger partial charge on any atom is -0.376 e. The van der Waals surface area contributed by atoms with Crippen molar-refractivity contribution in [2.45, 2.75) is 70.9 Å². The summed E-state index contributed by atoms with van der Waals surface area (Å²) in [7, 11) is 0. The van der Waals surface area contributed by atoms with Crippen LogP contribution in [0.25, 0.3) is 0 Å². The minimum atomic E-state index is -0.0942. The van der Waals surface area contributed by atoms with Crippen LogP contribution >= 0.6 is 0 Å². The fourth-order valence-electron chi connectivity index (χ4n) is 2.13. The van der Waals surface area contributed by atoms with Gasteiger partial charge in [0.15, 0.2) is 0 Å². The minimum absolute atomic E-state index is 0.0942. The van der Waals surface area contributed by atoms with E-state index in [0.29, 0.717) is 6.10 Å². The molecule has 1 aliphatic rings. The Morgan fingerprint density at radius 1 is 1.13 bits per heavy atom. The van der Waals surface area contributed by atoms with Crippen molar-refractivity contribution >= 4 is 0 Å². The highest BCUT2D eigenvalue weighted by Gasteiger charge is 2.24. The van der Waals surface area contributed by atoms with Gasteiger partial charge in [0.25, 0.3) is 0 Å². The van der Waals surface area contributed by atoms with Gasteiger partial charge < -0.3 is 10.5 Å². The van der Waals surface area contributed by atoms with Crippen LogP contribution in [0.1, 0.15) is 59.3 Å². The average molecular weight is 213 g/mol. The molecule has 0 aromatic heterocycles. The fourth-order valence-corrected chi connectivity index (χ4v) is 2.13. The van der Waals surface area contributed by atoms with Gasteiger partial charge in [-0.1, -0.05) is 20.8 Å². The summed E-state index contributed by atoms with van der Waals surface area (Å²) >= 11 is 0. The van der Waals surface area contributed by atoms with Crippen LogP contribution < -0.4 is 5.73 Å². The van der Waals surface area contributed by atoms with Crippen molar-refractivity contribution in [1.29, 1.82) is 0 Å². The van der Waals surface area contributed by atoms with Crippen molar-refractivity contribution in [3.8, 4) is 0 Å². The van der Waals surface area contributed by atoms with Gasteiger partial charge in [0.05, 0.1) is 12.7 Å². The predicted octanol–water partition coefficient (Wildman–Crippen LogP) is 3.10. The van der Waals surface area contributed by atoms with Gasteiger partial charge in [-0.05, 0) is 44.4 Å². The molecule has 0 aliphatic heterocycles. The molecule has 1 aliphatic carbocycles. The Hall–Kier alpha value is -0.0800. The van der Waals surface area contributed by atoms with Crippen molar-refractivity contribution in [3.63, 3.8) is 0 Å². The molecular formula is C13H27NO. The fraction of sp³-hybridized carbons (Fsp3) is 1.00. The quantitative estimate of drug-likeness (QED) is 0.761. The summed E-state index contributed by atoms with van der Waals surface area (Å²) in [5.74, 6) is 0.893. The highest BCUT2D eigenvalue weighted by molar-refractivity contribution is 4.81. The Labute approximate surface area is 94.6 Å². The van der Waals surface area contributed by atoms with Crippen LogP contribution in [0.4, 0.5) is 0 Å².